The van der Waals surface area contributed by atoms with Crippen molar-refractivity contribution in [1.82, 2.24) is 14.8 Å². The van der Waals surface area contributed by atoms with Gasteiger partial charge in [0.25, 0.3) is 5.91 Å². The summed E-state index contributed by atoms with van der Waals surface area (Å²) in [7, 11) is 1.27. The van der Waals surface area contributed by atoms with E-state index in [4.69, 9.17) is 4.74 Å². The van der Waals surface area contributed by atoms with Crippen LogP contribution < -0.4 is 10.6 Å². The van der Waals surface area contributed by atoms with Crippen LogP contribution >= 0.6 is 11.3 Å². The lowest BCUT2D eigenvalue weighted by molar-refractivity contribution is -0.154. The first kappa shape index (κ1) is 30.7. The molecule has 2 aromatic heterocycles. The number of piperazine rings is 1. The van der Waals surface area contributed by atoms with Crippen molar-refractivity contribution in [2.45, 2.75) is 52.5 Å². The van der Waals surface area contributed by atoms with Crippen LogP contribution in [0.15, 0.2) is 48.8 Å². The van der Waals surface area contributed by atoms with E-state index >= 15 is 0 Å². The highest BCUT2D eigenvalue weighted by Crippen LogP contribution is 2.38. The third kappa shape index (κ3) is 6.46. The largest absolute Gasteiger partial charge is 0.468 e. The van der Waals surface area contributed by atoms with E-state index in [0.29, 0.717) is 16.3 Å². The van der Waals surface area contributed by atoms with E-state index in [9.17, 15) is 19.2 Å². The average Bonchev–Trinajstić information content (AvgIpc) is 3.36. The molecule has 0 radical (unpaired) electrons. The lowest BCUT2D eigenvalue weighted by Crippen LogP contribution is -2.65. The number of carbonyl (C=O) groups is 4. The summed E-state index contributed by atoms with van der Waals surface area (Å²) < 4.78 is 4.72. The molecule has 11 heteroatoms. The molecule has 4 rings (SSSR count). The molecule has 2 N–H and O–H groups in total. The van der Waals surface area contributed by atoms with Crippen LogP contribution in [0.2, 0.25) is 0 Å². The van der Waals surface area contributed by atoms with E-state index in [0.717, 1.165) is 21.6 Å². The number of ether oxygens (including phenoxy) is 1. The Hall–Kier alpha value is -4.25. The van der Waals surface area contributed by atoms with Crippen molar-refractivity contribution in [3.05, 3.63) is 64.8 Å². The number of nitrogens with zero attached hydrogens (tertiary/aromatic N) is 3. The van der Waals surface area contributed by atoms with Gasteiger partial charge >= 0.3 is 12.0 Å². The maximum absolute atomic E-state index is 14.0. The van der Waals surface area contributed by atoms with Crippen LogP contribution in [0.5, 0.6) is 0 Å². The third-order valence-electron chi connectivity index (χ3n) is 7.27. The van der Waals surface area contributed by atoms with Crippen molar-refractivity contribution in [2.24, 2.45) is 0 Å². The molecule has 4 amide bonds. The predicted octanol–water partition coefficient (Wildman–Crippen LogP) is 5.30. The van der Waals surface area contributed by atoms with Gasteiger partial charge in [0.15, 0.2) is 0 Å². The van der Waals surface area contributed by atoms with Gasteiger partial charge in [0, 0.05) is 41.6 Å². The standard InChI is InChI=1S/C31H37N5O5S/c1-19-10-11-21(15-22(19)20-9-8-12-32-17-20)33-29(40)34-26-23(16-24(42-26)30(2,3)4)27(38)36-14-13-35(18-25(37)41-7)28(39)31(36,5)6/h8-12,15-17H,13-14,18H2,1-7H3,(H2,33,34,40). The number of methoxy groups -OCH3 is 1. The molecule has 1 aliphatic heterocycles. The van der Waals surface area contributed by atoms with Crippen molar-refractivity contribution >= 4 is 45.8 Å². The molecule has 0 atom stereocenters. The summed E-state index contributed by atoms with van der Waals surface area (Å²) in [5, 5.41) is 6.15. The zero-order chi connectivity index (χ0) is 30.8. The van der Waals surface area contributed by atoms with Gasteiger partial charge in [-0.25, -0.2) is 4.79 Å². The van der Waals surface area contributed by atoms with E-state index in [2.05, 4.69) is 15.6 Å². The second-order valence-corrected chi connectivity index (χ2v) is 12.8. The van der Waals surface area contributed by atoms with Crippen molar-refractivity contribution in [3.63, 3.8) is 0 Å². The van der Waals surface area contributed by atoms with E-state index in [1.807, 2.05) is 58.0 Å². The van der Waals surface area contributed by atoms with Crippen LogP contribution in [-0.2, 0) is 19.7 Å². The van der Waals surface area contributed by atoms with Gasteiger partial charge in [-0.3, -0.25) is 24.7 Å². The first-order chi connectivity index (χ1) is 19.7. The molecule has 0 bridgehead atoms. The maximum atomic E-state index is 14.0. The van der Waals surface area contributed by atoms with Crippen molar-refractivity contribution in [1.29, 1.82) is 0 Å². The minimum atomic E-state index is -1.21. The van der Waals surface area contributed by atoms with Crippen LogP contribution in [0.3, 0.4) is 0 Å². The van der Waals surface area contributed by atoms with Gasteiger partial charge in [0.05, 0.1) is 12.7 Å². The number of aryl methyl sites for hydroxylation is 1. The molecule has 222 valence electrons. The van der Waals surface area contributed by atoms with E-state index in [1.54, 1.807) is 32.3 Å². The number of hydrogen-bond acceptors (Lipinski definition) is 7. The molecule has 0 saturated carbocycles. The highest BCUT2D eigenvalue weighted by Gasteiger charge is 2.45. The van der Waals surface area contributed by atoms with Gasteiger partial charge in [-0.15, -0.1) is 11.3 Å². The van der Waals surface area contributed by atoms with Crippen molar-refractivity contribution in [3.8, 4) is 11.1 Å². The Balaban J connectivity index is 1.58. The summed E-state index contributed by atoms with van der Waals surface area (Å²) in [5.74, 6) is -1.25. The molecule has 3 aromatic rings. The number of hydrogen-bond donors (Lipinski definition) is 2. The minimum Gasteiger partial charge on any atom is -0.468 e. The summed E-state index contributed by atoms with van der Waals surface area (Å²) in [4.78, 5) is 60.3. The molecule has 1 fully saturated rings. The van der Waals surface area contributed by atoms with Crippen molar-refractivity contribution in [2.75, 3.05) is 37.4 Å². The summed E-state index contributed by atoms with van der Waals surface area (Å²) in [6, 6.07) is 10.7. The molecular weight excluding hydrogens is 554 g/mol. The Bertz CT molecular complexity index is 1510. The molecule has 0 aliphatic carbocycles. The molecule has 42 heavy (non-hydrogen) atoms. The number of anilines is 2. The zero-order valence-corrected chi connectivity index (χ0v) is 25.8. The highest BCUT2D eigenvalue weighted by atomic mass is 32.1. The Kier molecular flexibility index (Phi) is 8.72. The molecule has 10 nitrogen and oxygen atoms in total. The van der Waals surface area contributed by atoms with Crippen LogP contribution in [0.25, 0.3) is 11.1 Å². The van der Waals surface area contributed by atoms with Crippen molar-refractivity contribution < 1.29 is 23.9 Å². The second kappa shape index (κ2) is 11.9. The molecule has 0 unspecified atom stereocenters. The number of aromatic nitrogens is 1. The van der Waals surface area contributed by atoms with E-state index < -0.39 is 17.5 Å². The van der Waals surface area contributed by atoms with Crippen LogP contribution in [0.4, 0.5) is 15.5 Å². The quantitative estimate of drug-likeness (QED) is 0.376. The fraction of sp³-hybridized carbons (Fsp3) is 0.387. The number of urea groups is 1. The number of amides is 4. The van der Waals surface area contributed by atoms with Crippen LogP contribution in [0.1, 0.15) is 55.4 Å². The van der Waals surface area contributed by atoms with Crippen LogP contribution in [0, 0.1) is 6.92 Å². The van der Waals surface area contributed by atoms with Gasteiger partial charge in [0.1, 0.15) is 17.1 Å². The maximum Gasteiger partial charge on any atom is 0.325 e. The molecule has 3 heterocycles. The number of benzene rings is 1. The molecular formula is C31H37N5O5S. The third-order valence-corrected chi connectivity index (χ3v) is 8.74. The lowest BCUT2D eigenvalue weighted by Gasteiger charge is -2.45. The van der Waals surface area contributed by atoms with Gasteiger partial charge < -0.3 is 19.9 Å². The summed E-state index contributed by atoms with van der Waals surface area (Å²) >= 11 is 1.33. The van der Waals surface area contributed by atoms with Gasteiger partial charge in [0.2, 0.25) is 5.91 Å². The molecule has 0 spiro atoms. The lowest BCUT2D eigenvalue weighted by atomic mass is 9.93. The van der Waals surface area contributed by atoms with E-state index in [1.165, 1.54) is 28.2 Å². The first-order valence-electron chi connectivity index (χ1n) is 13.6. The smallest absolute Gasteiger partial charge is 0.325 e. The predicted molar refractivity (Wildman–Crippen MR) is 164 cm³/mol. The monoisotopic (exact) mass is 591 g/mol. The number of pyridine rings is 1. The first-order valence-corrected chi connectivity index (χ1v) is 14.5. The molecule has 1 aromatic carbocycles. The summed E-state index contributed by atoms with van der Waals surface area (Å²) in [6.45, 7) is 11.6. The Morgan fingerprint density at radius 3 is 2.48 bits per heavy atom. The van der Waals surface area contributed by atoms with Gasteiger partial charge in [-0.2, -0.15) is 0 Å². The Morgan fingerprint density at radius 2 is 1.83 bits per heavy atom. The van der Waals surface area contributed by atoms with E-state index in [-0.39, 0.29) is 36.9 Å². The Labute approximate surface area is 250 Å². The fourth-order valence-electron chi connectivity index (χ4n) is 4.79. The highest BCUT2D eigenvalue weighted by molar-refractivity contribution is 7.16. The molecule has 1 saturated heterocycles. The minimum absolute atomic E-state index is 0.179. The van der Waals surface area contributed by atoms with Crippen LogP contribution in [-0.4, -0.2) is 70.9 Å². The SMILES string of the molecule is COC(=O)CN1CCN(C(=O)c2cc(C(C)(C)C)sc2NC(=O)Nc2ccc(C)c(-c3cccnc3)c2)C(C)(C)C1=O. The Morgan fingerprint density at radius 1 is 1.10 bits per heavy atom. The fourth-order valence-corrected chi connectivity index (χ4v) is 5.89. The number of carbonyl (C=O) groups excluding carboxylic acids is 4. The normalized spacial score (nSPS) is 14.9. The average molecular weight is 592 g/mol. The second-order valence-electron chi connectivity index (χ2n) is 11.8. The zero-order valence-electron chi connectivity index (χ0n) is 25.0. The number of esters is 1. The van der Waals surface area contributed by atoms with Gasteiger partial charge in [-0.05, 0) is 61.6 Å². The topological polar surface area (TPSA) is 121 Å². The number of nitrogens with one attached hydrogen (secondary N) is 2. The molecule has 1 aliphatic rings. The number of rotatable bonds is 6. The summed E-state index contributed by atoms with van der Waals surface area (Å²) in [5.41, 5.74) is 2.32. The summed E-state index contributed by atoms with van der Waals surface area (Å²) in [6.07, 6.45) is 3.48. The van der Waals surface area contributed by atoms with Gasteiger partial charge in [-0.1, -0.05) is 32.9 Å². The number of thiophene rings is 1.